The first-order valence-corrected chi connectivity index (χ1v) is 10.5. The van der Waals surface area contributed by atoms with Crippen LogP contribution in [0.25, 0.3) is 0 Å². The van der Waals surface area contributed by atoms with Gasteiger partial charge in [-0.1, -0.05) is 39.8 Å². The van der Waals surface area contributed by atoms with E-state index in [1.54, 1.807) is 39.8 Å². The van der Waals surface area contributed by atoms with E-state index in [-0.39, 0.29) is 24.0 Å². The van der Waals surface area contributed by atoms with E-state index in [1.165, 1.54) is 19.1 Å². The molecule has 0 aliphatic carbocycles. The van der Waals surface area contributed by atoms with Crippen molar-refractivity contribution in [3.63, 3.8) is 0 Å². The molecule has 0 saturated carbocycles. The van der Waals surface area contributed by atoms with Gasteiger partial charge in [0.15, 0.2) is 0 Å². The highest BCUT2D eigenvalue weighted by Gasteiger charge is 2.31. The Balaban J connectivity index is 2.71. The largest absolute Gasteiger partial charge is 0.508 e. The van der Waals surface area contributed by atoms with Gasteiger partial charge in [-0.25, -0.2) is 4.79 Å². The number of carbonyl (C=O) groups excluding carboxylic acids is 3. The van der Waals surface area contributed by atoms with Gasteiger partial charge in [-0.15, -0.1) is 0 Å². The molecule has 1 aromatic rings. The number of carboxylic acid groups (broad SMARTS) is 1. The van der Waals surface area contributed by atoms with E-state index in [9.17, 15) is 29.4 Å². The Kier molecular flexibility index (Phi) is 10.1. The van der Waals surface area contributed by atoms with E-state index in [0.717, 1.165) is 5.56 Å². The number of phenols is 1. The Morgan fingerprint density at radius 3 is 1.78 bits per heavy atom. The Bertz CT molecular complexity index is 809. The summed E-state index contributed by atoms with van der Waals surface area (Å²) >= 11 is 0. The molecule has 0 bridgehead atoms. The number of amides is 3. The monoisotopic (exact) mass is 450 g/mol. The molecule has 178 valence electrons. The summed E-state index contributed by atoms with van der Waals surface area (Å²) in [4.78, 5) is 48.9. The van der Waals surface area contributed by atoms with Crippen molar-refractivity contribution in [3.8, 4) is 5.75 Å². The van der Waals surface area contributed by atoms with Crippen LogP contribution >= 0.6 is 0 Å². The van der Waals surface area contributed by atoms with Gasteiger partial charge in [-0.05, 0) is 42.9 Å². The zero-order valence-corrected chi connectivity index (χ0v) is 19.1. The summed E-state index contributed by atoms with van der Waals surface area (Å²) in [6.45, 7) is 8.23. The van der Waals surface area contributed by atoms with E-state index in [1.807, 2.05) is 0 Å². The van der Waals surface area contributed by atoms with E-state index in [4.69, 9.17) is 5.73 Å². The number of nitrogens with one attached hydrogen (secondary N) is 3. The van der Waals surface area contributed by atoms with Gasteiger partial charge in [0.2, 0.25) is 17.7 Å². The summed E-state index contributed by atoms with van der Waals surface area (Å²) in [6.07, 6.45) is 0.212. The van der Waals surface area contributed by atoms with Crippen LogP contribution in [0.2, 0.25) is 0 Å². The zero-order valence-electron chi connectivity index (χ0n) is 19.1. The molecule has 0 unspecified atom stereocenters. The Hall–Kier alpha value is -3.14. The summed E-state index contributed by atoms with van der Waals surface area (Å²) < 4.78 is 0. The zero-order chi connectivity index (χ0) is 24.6. The van der Waals surface area contributed by atoms with Crippen LogP contribution in [0, 0.1) is 11.8 Å². The van der Waals surface area contributed by atoms with Crippen LogP contribution in [-0.4, -0.2) is 58.1 Å². The summed E-state index contributed by atoms with van der Waals surface area (Å²) in [5.41, 5.74) is 6.67. The van der Waals surface area contributed by atoms with Gasteiger partial charge in [-0.2, -0.15) is 0 Å². The maximum atomic E-state index is 12.6. The molecule has 7 N–H and O–H groups in total. The molecule has 3 amide bonds. The average Bonchev–Trinajstić information content (AvgIpc) is 2.70. The number of nitrogens with two attached hydrogens (primary N) is 1. The predicted molar refractivity (Wildman–Crippen MR) is 119 cm³/mol. The predicted octanol–water partition coefficient (Wildman–Crippen LogP) is 0.133. The molecular formula is C22H34N4O6. The quantitative estimate of drug-likeness (QED) is 0.278. The van der Waals surface area contributed by atoms with Crippen LogP contribution in [0.15, 0.2) is 24.3 Å². The summed E-state index contributed by atoms with van der Waals surface area (Å²) in [5, 5.41) is 26.1. The molecule has 10 nitrogen and oxygen atoms in total. The van der Waals surface area contributed by atoms with Gasteiger partial charge in [-0.3, -0.25) is 14.4 Å². The van der Waals surface area contributed by atoms with Crippen molar-refractivity contribution in [3.05, 3.63) is 29.8 Å². The van der Waals surface area contributed by atoms with Gasteiger partial charge in [0.25, 0.3) is 0 Å². The van der Waals surface area contributed by atoms with Crippen LogP contribution in [-0.2, 0) is 25.6 Å². The fraction of sp³-hybridized carbons (Fsp3) is 0.545. The number of phenolic OH excluding ortho intramolecular Hbond substituents is 1. The van der Waals surface area contributed by atoms with Crippen LogP contribution in [0.1, 0.15) is 40.2 Å². The van der Waals surface area contributed by atoms with Gasteiger partial charge >= 0.3 is 5.97 Å². The fourth-order valence-electron chi connectivity index (χ4n) is 2.93. The first kappa shape index (κ1) is 26.9. The molecule has 0 aliphatic heterocycles. The minimum Gasteiger partial charge on any atom is -0.508 e. The highest BCUT2D eigenvalue weighted by molar-refractivity contribution is 5.94. The lowest BCUT2D eigenvalue weighted by Crippen LogP contribution is -2.58. The normalized spacial score (nSPS) is 14.9. The summed E-state index contributed by atoms with van der Waals surface area (Å²) in [5.74, 6) is -3.47. The molecule has 1 rings (SSSR count). The standard InChI is InChI=1S/C22H34N4O6/c1-11(2)17(21(30)26-18(12(3)4)22(31)32)25-19(28)13(5)24-20(29)16(23)10-14-6-8-15(27)9-7-14/h6-9,11-13,16-18,27H,10,23H2,1-5H3,(H,24,29)(H,25,28)(H,26,30)(H,31,32)/t13-,16-,17+,18+/m0/s1. The van der Waals surface area contributed by atoms with Crippen molar-refractivity contribution < 1.29 is 29.4 Å². The number of carboxylic acids is 1. The Morgan fingerprint density at radius 2 is 1.31 bits per heavy atom. The van der Waals surface area contributed by atoms with Crippen molar-refractivity contribution in [1.82, 2.24) is 16.0 Å². The summed E-state index contributed by atoms with van der Waals surface area (Å²) in [7, 11) is 0. The molecule has 0 spiro atoms. The summed E-state index contributed by atoms with van der Waals surface area (Å²) in [6, 6.07) is 2.31. The Labute approximate surface area is 187 Å². The molecule has 0 aromatic heterocycles. The molecule has 0 heterocycles. The fourth-order valence-corrected chi connectivity index (χ4v) is 2.93. The lowest BCUT2D eigenvalue weighted by atomic mass is 10.00. The van der Waals surface area contributed by atoms with Crippen molar-refractivity contribution in [2.75, 3.05) is 0 Å². The van der Waals surface area contributed by atoms with Crippen molar-refractivity contribution in [1.29, 1.82) is 0 Å². The lowest BCUT2D eigenvalue weighted by Gasteiger charge is -2.27. The Morgan fingerprint density at radius 1 is 0.812 bits per heavy atom. The smallest absolute Gasteiger partial charge is 0.326 e. The van der Waals surface area contributed by atoms with Crippen LogP contribution in [0.3, 0.4) is 0 Å². The third-order valence-electron chi connectivity index (χ3n) is 4.96. The molecular weight excluding hydrogens is 416 g/mol. The topological polar surface area (TPSA) is 171 Å². The molecule has 4 atom stereocenters. The van der Waals surface area contributed by atoms with Gasteiger partial charge in [0.05, 0.1) is 6.04 Å². The lowest BCUT2D eigenvalue weighted by molar-refractivity contribution is -0.143. The SMILES string of the molecule is CC(C)[C@@H](NC(=O)[C@H](NC(=O)[C@H](C)NC(=O)[C@@H](N)Cc1ccc(O)cc1)C(C)C)C(=O)O. The molecule has 10 heteroatoms. The first-order valence-electron chi connectivity index (χ1n) is 10.5. The van der Waals surface area contributed by atoms with E-state index in [2.05, 4.69) is 16.0 Å². The minimum atomic E-state index is -1.16. The molecule has 0 aliphatic rings. The number of carbonyl (C=O) groups is 4. The van der Waals surface area contributed by atoms with Crippen LogP contribution in [0.4, 0.5) is 0 Å². The van der Waals surface area contributed by atoms with Crippen molar-refractivity contribution >= 4 is 23.7 Å². The second-order valence-electron chi connectivity index (χ2n) is 8.51. The number of aromatic hydroxyl groups is 1. The highest BCUT2D eigenvalue weighted by atomic mass is 16.4. The average molecular weight is 451 g/mol. The van der Waals surface area contributed by atoms with E-state index in [0.29, 0.717) is 0 Å². The number of hydrogen-bond acceptors (Lipinski definition) is 6. The van der Waals surface area contributed by atoms with E-state index >= 15 is 0 Å². The molecule has 0 fully saturated rings. The third kappa shape index (κ3) is 8.18. The van der Waals surface area contributed by atoms with Gasteiger partial charge in [0, 0.05) is 0 Å². The van der Waals surface area contributed by atoms with Crippen molar-refractivity contribution in [2.45, 2.75) is 65.2 Å². The molecule has 32 heavy (non-hydrogen) atoms. The third-order valence-corrected chi connectivity index (χ3v) is 4.96. The maximum Gasteiger partial charge on any atom is 0.326 e. The van der Waals surface area contributed by atoms with Gasteiger partial charge < -0.3 is 31.9 Å². The number of hydrogen-bond donors (Lipinski definition) is 6. The molecule has 1 aromatic carbocycles. The van der Waals surface area contributed by atoms with Crippen molar-refractivity contribution in [2.24, 2.45) is 17.6 Å². The van der Waals surface area contributed by atoms with E-state index < -0.39 is 47.9 Å². The highest BCUT2D eigenvalue weighted by Crippen LogP contribution is 2.11. The van der Waals surface area contributed by atoms with Crippen LogP contribution < -0.4 is 21.7 Å². The minimum absolute atomic E-state index is 0.101. The number of rotatable bonds is 11. The first-order chi connectivity index (χ1) is 14.8. The number of benzene rings is 1. The molecule has 0 saturated heterocycles. The number of aliphatic carboxylic acids is 1. The second kappa shape index (κ2) is 12.0. The second-order valence-corrected chi connectivity index (χ2v) is 8.51. The maximum absolute atomic E-state index is 12.6. The van der Waals surface area contributed by atoms with Gasteiger partial charge in [0.1, 0.15) is 23.9 Å². The van der Waals surface area contributed by atoms with Crippen LogP contribution in [0.5, 0.6) is 5.75 Å². The molecule has 0 radical (unpaired) electrons.